The summed E-state index contributed by atoms with van der Waals surface area (Å²) in [4.78, 5) is 24.1. The third kappa shape index (κ3) is 6.75. The molecule has 2 aromatic rings. The molecule has 0 aliphatic heterocycles. The van der Waals surface area contributed by atoms with Gasteiger partial charge < -0.3 is 20.7 Å². The Morgan fingerprint density at radius 3 is 2.44 bits per heavy atom. The van der Waals surface area contributed by atoms with Crippen LogP contribution in [-0.2, 0) is 9.53 Å². The molecule has 0 fully saturated rings. The summed E-state index contributed by atoms with van der Waals surface area (Å²) in [6.45, 7) is 5.39. The van der Waals surface area contributed by atoms with Crippen LogP contribution >= 0.6 is 0 Å². The van der Waals surface area contributed by atoms with Gasteiger partial charge in [-0.2, -0.15) is 0 Å². The average molecular weight is 369 g/mol. The summed E-state index contributed by atoms with van der Waals surface area (Å²) < 4.78 is 4.95. The lowest BCUT2D eigenvalue weighted by atomic mass is 10.1. The van der Waals surface area contributed by atoms with E-state index < -0.39 is 0 Å². The van der Waals surface area contributed by atoms with Crippen LogP contribution < -0.4 is 16.0 Å². The summed E-state index contributed by atoms with van der Waals surface area (Å²) in [6.07, 6.45) is 0.768. The van der Waals surface area contributed by atoms with Crippen molar-refractivity contribution in [3.05, 3.63) is 59.2 Å². The Bertz CT molecular complexity index is 773. The van der Waals surface area contributed by atoms with Gasteiger partial charge in [-0.3, -0.25) is 9.59 Å². The molecule has 0 aliphatic carbocycles. The highest BCUT2D eigenvalue weighted by molar-refractivity contribution is 5.96. The molecular weight excluding hydrogens is 342 g/mol. The minimum absolute atomic E-state index is 0.138. The van der Waals surface area contributed by atoms with Gasteiger partial charge in [0.25, 0.3) is 5.91 Å². The molecule has 0 bridgehead atoms. The molecule has 0 aromatic heterocycles. The molecule has 3 N–H and O–H groups in total. The van der Waals surface area contributed by atoms with Crippen LogP contribution in [0, 0.1) is 13.8 Å². The molecule has 0 saturated carbocycles. The number of carbonyl (C=O) groups excluding carboxylic acids is 2. The van der Waals surface area contributed by atoms with Crippen LogP contribution in [0.1, 0.15) is 27.9 Å². The number of hydrogen-bond donors (Lipinski definition) is 3. The number of rotatable bonds is 9. The zero-order chi connectivity index (χ0) is 19.6. The van der Waals surface area contributed by atoms with Gasteiger partial charge in [0, 0.05) is 37.2 Å². The second kappa shape index (κ2) is 10.3. The van der Waals surface area contributed by atoms with Crippen molar-refractivity contribution in [2.24, 2.45) is 0 Å². The van der Waals surface area contributed by atoms with Gasteiger partial charge in [-0.25, -0.2) is 0 Å². The second-order valence-corrected chi connectivity index (χ2v) is 6.40. The van der Waals surface area contributed by atoms with Crippen molar-refractivity contribution in [3.8, 4) is 0 Å². The Hall–Kier alpha value is -2.86. The minimum Gasteiger partial charge on any atom is -0.385 e. The number of methoxy groups -OCH3 is 1. The highest BCUT2D eigenvalue weighted by Crippen LogP contribution is 2.16. The molecule has 144 valence electrons. The summed E-state index contributed by atoms with van der Waals surface area (Å²) in [6, 6.07) is 12.9. The predicted molar refractivity (Wildman–Crippen MR) is 108 cm³/mol. The fraction of sp³-hybridized carbons (Fsp3) is 0.333. The Morgan fingerprint density at radius 2 is 1.78 bits per heavy atom. The standard InChI is InChI=1S/C21H27N3O3/c1-15-5-10-19(16(2)13-15)23-14-20(25)24-18-8-6-17(7-9-18)21(26)22-11-4-12-27-3/h5-10,13,23H,4,11-12,14H2,1-3H3,(H,22,26)(H,24,25). The van der Waals surface area contributed by atoms with Crippen LogP contribution in [0.25, 0.3) is 0 Å². The Balaban J connectivity index is 1.81. The van der Waals surface area contributed by atoms with Crippen LogP contribution in [0.5, 0.6) is 0 Å². The molecular formula is C21H27N3O3. The zero-order valence-electron chi connectivity index (χ0n) is 16.1. The molecule has 27 heavy (non-hydrogen) atoms. The van der Waals surface area contributed by atoms with E-state index in [-0.39, 0.29) is 18.4 Å². The first kappa shape index (κ1) is 20.5. The third-order valence-corrected chi connectivity index (χ3v) is 4.06. The van der Waals surface area contributed by atoms with Gasteiger partial charge in [-0.1, -0.05) is 17.7 Å². The van der Waals surface area contributed by atoms with E-state index >= 15 is 0 Å². The van der Waals surface area contributed by atoms with Gasteiger partial charge in [0.05, 0.1) is 6.54 Å². The van der Waals surface area contributed by atoms with E-state index in [2.05, 4.69) is 22.0 Å². The van der Waals surface area contributed by atoms with E-state index in [1.165, 1.54) is 5.56 Å². The molecule has 0 aliphatic rings. The first-order valence-corrected chi connectivity index (χ1v) is 8.98. The number of hydrogen-bond acceptors (Lipinski definition) is 4. The summed E-state index contributed by atoms with van der Waals surface area (Å²) in [5.41, 5.74) is 4.43. The monoisotopic (exact) mass is 369 g/mol. The fourth-order valence-electron chi connectivity index (χ4n) is 2.62. The lowest BCUT2D eigenvalue weighted by Gasteiger charge is -2.11. The van der Waals surface area contributed by atoms with Gasteiger partial charge in [0.1, 0.15) is 0 Å². The van der Waals surface area contributed by atoms with E-state index in [4.69, 9.17) is 4.74 Å². The van der Waals surface area contributed by atoms with Gasteiger partial charge in [0.2, 0.25) is 5.91 Å². The van der Waals surface area contributed by atoms with Crippen molar-refractivity contribution in [2.75, 3.05) is 37.4 Å². The van der Waals surface area contributed by atoms with E-state index in [1.807, 2.05) is 26.0 Å². The largest absolute Gasteiger partial charge is 0.385 e. The van der Waals surface area contributed by atoms with Crippen LogP contribution in [0.3, 0.4) is 0 Å². The molecule has 0 heterocycles. The number of aryl methyl sites for hydroxylation is 2. The van der Waals surface area contributed by atoms with E-state index in [0.717, 1.165) is 17.7 Å². The van der Waals surface area contributed by atoms with Crippen molar-refractivity contribution in [3.63, 3.8) is 0 Å². The topological polar surface area (TPSA) is 79.5 Å². The zero-order valence-corrected chi connectivity index (χ0v) is 16.1. The quantitative estimate of drug-likeness (QED) is 0.594. The summed E-state index contributed by atoms with van der Waals surface area (Å²) in [5.74, 6) is -0.285. The van der Waals surface area contributed by atoms with E-state index in [1.54, 1.807) is 31.4 Å². The number of nitrogens with one attached hydrogen (secondary N) is 3. The molecule has 2 aromatic carbocycles. The molecule has 0 atom stereocenters. The highest BCUT2D eigenvalue weighted by atomic mass is 16.5. The second-order valence-electron chi connectivity index (χ2n) is 6.40. The van der Waals surface area contributed by atoms with Crippen LogP contribution in [-0.4, -0.2) is 38.6 Å². The van der Waals surface area contributed by atoms with Crippen molar-refractivity contribution < 1.29 is 14.3 Å². The van der Waals surface area contributed by atoms with Crippen LogP contribution in [0.2, 0.25) is 0 Å². The van der Waals surface area contributed by atoms with E-state index in [0.29, 0.717) is 24.4 Å². The van der Waals surface area contributed by atoms with E-state index in [9.17, 15) is 9.59 Å². The minimum atomic E-state index is -0.147. The summed E-state index contributed by atoms with van der Waals surface area (Å²) in [7, 11) is 1.63. The number of anilines is 2. The normalized spacial score (nSPS) is 10.3. The maximum Gasteiger partial charge on any atom is 0.251 e. The predicted octanol–water partition coefficient (Wildman–Crippen LogP) is 3.12. The number of carbonyl (C=O) groups is 2. The Morgan fingerprint density at radius 1 is 1.04 bits per heavy atom. The summed E-state index contributed by atoms with van der Waals surface area (Å²) >= 11 is 0. The van der Waals surface area contributed by atoms with Crippen molar-refractivity contribution in [1.29, 1.82) is 0 Å². The molecule has 6 heteroatoms. The van der Waals surface area contributed by atoms with Gasteiger partial charge in [-0.15, -0.1) is 0 Å². The number of ether oxygens (including phenoxy) is 1. The van der Waals surface area contributed by atoms with Crippen LogP contribution in [0.15, 0.2) is 42.5 Å². The average Bonchev–Trinajstić information content (AvgIpc) is 2.65. The Kier molecular flexibility index (Phi) is 7.82. The SMILES string of the molecule is COCCCNC(=O)c1ccc(NC(=O)CNc2ccc(C)cc2C)cc1. The van der Waals surface area contributed by atoms with Crippen molar-refractivity contribution >= 4 is 23.2 Å². The highest BCUT2D eigenvalue weighted by Gasteiger charge is 2.07. The maximum absolute atomic E-state index is 12.1. The Labute approximate surface area is 160 Å². The number of benzene rings is 2. The van der Waals surface area contributed by atoms with Gasteiger partial charge in [0.15, 0.2) is 0 Å². The lowest BCUT2D eigenvalue weighted by Crippen LogP contribution is -2.25. The molecule has 2 amide bonds. The van der Waals surface area contributed by atoms with Crippen LogP contribution in [0.4, 0.5) is 11.4 Å². The number of amides is 2. The first-order valence-electron chi connectivity index (χ1n) is 8.98. The molecule has 6 nitrogen and oxygen atoms in total. The van der Waals surface area contributed by atoms with Gasteiger partial charge in [-0.05, 0) is 56.2 Å². The maximum atomic E-state index is 12.1. The molecule has 0 saturated heterocycles. The first-order chi connectivity index (χ1) is 13.0. The smallest absolute Gasteiger partial charge is 0.251 e. The molecule has 0 spiro atoms. The van der Waals surface area contributed by atoms with Crippen molar-refractivity contribution in [1.82, 2.24) is 5.32 Å². The fourth-order valence-corrected chi connectivity index (χ4v) is 2.62. The summed E-state index contributed by atoms with van der Waals surface area (Å²) in [5, 5.41) is 8.78. The molecule has 0 unspecified atom stereocenters. The lowest BCUT2D eigenvalue weighted by molar-refractivity contribution is -0.114. The van der Waals surface area contributed by atoms with Gasteiger partial charge >= 0.3 is 0 Å². The molecule has 2 rings (SSSR count). The molecule has 0 radical (unpaired) electrons. The third-order valence-electron chi connectivity index (χ3n) is 4.06. The van der Waals surface area contributed by atoms with Crippen molar-refractivity contribution in [2.45, 2.75) is 20.3 Å².